The lowest BCUT2D eigenvalue weighted by Crippen LogP contribution is -2.50. The topological polar surface area (TPSA) is 87.6 Å². The Morgan fingerprint density at radius 2 is 2.03 bits per heavy atom. The highest BCUT2D eigenvalue weighted by Gasteiger charge is 2.27. The molecule has 2 N–H and O–H groups in total. The van der Waals surface area contributed by atoms with Crippen LogP contribution in [-0.2, 0) is 27.0 Å². The number of hydrogen-bond acceptors (Lipinski definition) is 7. The molecule has 2 aliphatic rings. The highest BCUT2D eigenvalue weighted by atomic mass is 35.5. The van der Waals surface area contributed by atoms with Crippen LogP contribution in [0.4, 0.5) is 18.9 Å². The molecule has 13 heteroatoms. The Morgan fingerprint density at radius 3 is 2.65 bits per heavy atom. The van der Waals surface area contributed by atoms with Gasteiger partial charge in [-0.25, -0.2) is 22.1 Å². The second-order valence-electron chi connectivity index (χ2n) is 8.10. The zero-order chi connectivity index (χ0) is 26.6. The molecule has 2 fully saturated rings. The van der Waals surface area contributed by atoms with Gasteiger partial charge in [0.25, 0.3) is 6.43 Å². The van der Waals surface area contributed by atoms with Crippen LogP contribution in [0, 0.1) is 5.82 Å². The fraction of sp³-hybridized carbons (Fsp3) is 0.417. The zero-order valence-electron chi connectivity index (χ0n) is 20.0. The first kappa shape index (κ1) is 29.1. The maximum absolute atomic E-state index is 13.1. The molecule has 0 bridgehead atoms. The van der Waals surface area contributed by atoms with E-state index in [9.17, 15) is 17.4 Å². The molecule has 1 atom stereocenters. The Balaban J connectivity index is 0.000000262. The minimum absolute atomic E-state index is 0.0277. The molecular weight excluding hydrogens is 531 g/mol. The first-order valence-electron chi connectivity index (χ1n) is 11.5. The van der Waals surface area contributed by atoms with E-state index in [1.165, 1.54) is 12.1 Å². The summed E-state index contributed by atoms with van der Waals surface area (Å²) in [4.78, 5) is 2.36. The summed E-state index contributed by atoms with van der Waals surface area (Å²) in [7, 11) is -0.805. The standard InChI is InChI=1S/C17H15ClF3N3O.C7H14N2O2S/c1-22-24-17(25-10-16(20)21)12-4-2-11(3-5-12)9-23-13-6-7-15(19)14(18)8-13;10-12-4-3-9(2-1-8-12)7-5-11-6-7/h2-8,16,23H,1,9-10H2;7-8H,1-6H2/b24-17-;. The van der Waals surface area contributed by atoms with Crippen LogP contribution in [-0.4, -0.2) is 79.4 Å². The number of alkyl halides is 2. The predicted molar refractivity (Wildman–Crippen MR) is 140 cm³/mol. The van der Waals surface area contributed by atoms with Crippen LogP contribution in [0.1, 0.15) is 11.1 Å². The van der Waals surface area contributed by atoms with Crippen molar-refractivity contribution in [3.8, 4) is 0 Å². The summed E-state index contributed by atoms with van der Waals surface area (Å²) in [5.41, 5.74) is 2.08. The monoisotopic (exact) mass is 559 g/mol. The van der Waals surface area contributed by atoms with Gasteiger partial charge < -0.3 is 14.8 Å². The van der Waals surface area contributed by atoms with Gasteiger partial charge in [0.1, 0.15) is 5.82 Å². The number of rotatable bonds is 8. The predicted octanol–water partition coefficient (Wildman–Crippen LogP) is 3.69. The first-order chi connectivity index (χ1) is 17.9. The van der Waals surface area contributed by atoms with Gasteiger partial charge in [0.05, 0.1) is 41.0 Å². The Labute approximate surface area is 221 Å². The van der Waals surface area contributed by atoms with E-state index >= 15 is 0 Å². The van der Waals surface area contributed by atoms with Gasteiger partial charge in [-0.1, -0.05) is 23.7 Å². The quantitative estimate of drug-likeness (QED) is 0.293. The normalized spacial score (nSPS) is 18.8. The van der Waals surface area contributed by atoms with Gasteiger partial charge in [-0.2, -0.15) is 5.10 Å². The maximum Gasteiger partial charge on any atom is 0.272 e. The summed E-state index contributed by atoms with van der Waals surface area (Å²) in [5, 5.41) is 10.1. The number of nitrogens with zero attached hydrogens (tertiary/aromatic N) is 3. The number of anilines is 1. The number of halogens is 4. The molecule has 2 heterocycles. The molecule has 8 nitrogen and oxygen atoms in total. The molecule has 0 aromatic heterocycles. The zero-order valence-corrected chi connectivity index (χ0v) is 21.6. The van der Waals surface area contributed by atoms with Gasteiger partial charge in [0.2, 0.25) is 5.90 Å². The van der Waals surface area contributed by atoms with Crippen molar-refractivity contribution in [2.45, 2.75) is 19.0 Å². The lowest BCUT2D eigenvalue weighted by Gasteiger charge is -2.36. The Bertz CT molecular complexity index is 1070. The SMILES string of the molecule is C=N/N=C(\OCC(F)F)c1ccc(CNc2ccc(F)c(Cl)c2)cc1.O=S1CCN(C2COC2)CCN1. The van der Waals surface area contributed by atoms with Crippen molar-refractivity contribution >= 4 is 40.9 Å². The van der Waals surface area contributed by atoms with Crippen molar-refractivity contribution < 1.29 is 26.9 Å². The van der Waals surface area contributed by atoms with Crippen LogP contribution in [0.25, 0.3) is 0 Å². The van der Waals surface area contributed by atoms with E-state index in [-0.39, 0.29) is 10.9 Å². The van der Waals surface area contributed by atoms with Crippen LogP contribution in [0.2, 0.25) is 5.02 Å². The van der Waals surface area contributed by atoms with Crippen LogP contribution in [0.5, 0.6) is 0 Å². The van der Waals surface area contributed by atoms with Crippen molar-refractivity contribution in [2.24, 2.45) is 10.2 Å². The van der Waals surface area contributed by atoms with Gasteiger partial charge in [-0.05, 0) is 35.9 Å². The van der Waals surface area contributed by atoms with E-state index in [2.05, 4.69) is 31.9 Å². The van der Waals surface area contributed by atoms with Crippen molar-refractivity contribution in [3.63, 3.8) is 0 Å². The lowest BCUT2D eigenvalue weighted by molar-refractivity contribution is -0.0615. The summed E-state index contributed by atoms with van der Waals surface area (Å²) in [6, 6.07) is 11.8. The van der Waals surface area contributed by atoms with Crippen LogP contribution >= 0.6 is 11.6 Å². The fourth-order valence-corrected chi connectivity index (χ4v) is 4.48. The molecular formula is C24H29ClF3N5O3S. The lowest BCUT2D eigenvalue weighted by atomic mass is 10.1. The molecule has 2 saturated heterocycles. The Hall–Kier alpha value is -2.51. The van der Waals surface area contributed by atoms with Gasteiger partial charge in [-0.3, -0.25) is 4.90 Å². The third-order valence-electron chi connectivity index (χ3n) is 5.49. The van der Waals surface area contributed by atoms with Crippen molar-refractivity contribution in [1.29, 1.82) is 0 Å². The molecule has 2 aromatic carbocycles. The summed E-state index contributed by atoms with van der Waals surface area (Å²) < 4.78 is 61.8. The third kappa shape index (κ3) is 9.71. The van der Waals surface area contributed by atoms with E-state index in [0.29, 0.717) is 23.8 Å². The molecule has 0 radical (unpaired) electrons. The first-order valence-corrected chi connectivity index (χ1v) is 13.2. The summed E-state index contributed by atoms with van der Waals surface area (Å²) >= 11 is 5.72. The van der Waals surface area contributed by atoms with Gasteiger partial charge in [-0.15, -0.1) is 5.10 Å². The van der Waals surface area contributed by atoms with Crippen molar-refractivity contribution in [1.82, 2.24) is 9.62 Å². The molecule has 0 spiro atoms. The van der Waals surface area contributed by atoms with Crippen LogP contribution in [0.3, 0.4) is 0 Å². The van der Waals surface area contributed by atoms with E-state index in [1.54, 1.807) is 30.3 Å². The molecule has 0 saturated carbocycles. The third-order valence-corrected chi connectivity index (χ3v) is 6.86. The minimum atomic E-state index is -2.61. The number of nitrogens with one attached hydrogen (secondary N) is 2. The summed E-state index contributed by atoms with van der Waals surface area (Å²) in [6.45, 7) is 7.37. The molecule has 37 heavy (non-hydrogen) atoms. The Kier molecular flexibility index (Phi) is 11.8. The second-order valence-corrected chi connectivity index (χ2v) is 9.89. The van der Waals surface area contributed by atoms with E-state index < -0.39 is 29.8 Å². The Morgan fingerprint density at radius 1 is 1.27 bits per heavy atom. The number of benzene rings is 2. The number of hydrogen-bond donors (Lipinski definition) is 2. The molecule has 0 aliphatic carbocycles. The molecule has 202 valence electrons. The highest BCUT2D eigenvalue weighted by molar-refractivity contribution is 7.83. The van der Waals surface area contributed by atoms with Crippen LogP contribution in [0.15, 0.2) is 52.7 Å². The molecule has 1 unspecified atom stereocenters. The van der Waals surface area contributed by atoms with Gasteiger partial charge >= 0.3 is 0 Å². The smallest absolute Gasteiger partial charge is 0.272 e. The maximum atomic E-state index is 13.1. The van der Waals surface area contributed by atoms with Crippen molar-refractivity contribution in [3.05, 3.63) is 64.4 Å². The second kappa shape index (κ2) is 15.0. The van der Waals surface area contributed by atoms with E-state index in [1.807, 2.05) is 0 Å². The van der Waals surface area contributed by atoms with Crippen molar-refractivity contribution in [2.75, 3.05) is 50.5 Å². The van der Waals surface area contributed by atoms with Crippen LogP contribution < -0.4 is 10.0 Å². The molecule has 0 amide bonds. The summed E-state index contributed by atoms with van der Waals surface area (Å²) in [6.07, 6.45) is -2.61. The van der Waals surface area contributed by atoms with E-state index in [4.69, 9.17) is 21.1 Å². The number of ether oxygens (including phenoxy) is 2. The summed E-state index contributed by atoms with van der Waals surface area (Å²) in [5.74, 6) is 0.236. The average molecular weight is 560 g/mol. The average Bonchev–Trinajstić information content (AvgIpc) is 3.06. The van der Waals surface area contributed by atoms with E-state index in [0.717, 1.165) is 44.2 Å². The molecule has 2 aromatic rings. The molecule has 2 aliphatic heterocycles. The van der Waals surface area contributed by atoms with Gasteiger partial charge in [0.15, 0.2) is 6.61 Å². The fourth-order valence-electron chi connectivity index (χ4n) is 3.44. The highest BCUT2D eigenvalue weighted by Crippen LogP contribution is 2.20. The largest absolute Gasteiger partial charge is 0.470 e. The minimum Gasteiger partial charge on any atom is -0.470 e. The molecule has 4 rings (SSSR count). The van der Waals surface area contributed by atoms with Gasteiger partial charge in [0, 0.05) is 44.1 Å².